The summed E-state index contributed by atoms with van der Waals surface area (Å²) in [6, 6.07) is 3.80. The minimum atomic E-state index is -3.76. The van der Waals surface area contributed by atoms with Crippen molar-refractivity contribution in [3.63, 3.8) is 0 Å². The molecule has 2 N–H and O–H groups in total. The molecule has 0 aliphatic rings. The van der Waals surface area contributed by atoms with E-state index in [0.717, 1.165) is 11.3 Å². The number of thiophene rings is 1. The smallest absolute Gasteiger partial charge is 0.266 e. The van der Waals surface area contributed by atoms with Crippen molar-refractivity contribution in [3.05, 3.63) is 34.5 Å². The van der Waals surface area contributed by atoms with Crippen LogP contribution in [0.15, 0.2) is 23.1 Å². The Bertz CT molecular complexity index is 1290. The van der Waals surface area contributed by atoms with Gasteiger partial charge in [-0.05, 0) is 30.7 Å². The van der Waals surface area contributed by atoms with Gasteiger partial charge in [0, 0.05) is 20.2 Å². The van der Waals surface area contributed by atoms with Gasteiger partial charge in [-0.25, -0.2) is 13.4 Å². The number of phenolic OH excluding ortho intramolecular Hbond substituents is 1. The lowest BCUT2D eigenvalue weighted by molar-refractivity contribution is 0.102. The van der Waals surface area contributed by atoms with Crippen molar-refractivity contribution in [2.75, 3.05) is 32.6 Å². The molecular formula is C21H26N4O6S2. The number of anilines is 1. The summed E-state index contributed by atoms with van der Waals surface area (Å²) in [5.41, 5.74) is 0.600. The number of fused-ring (bicyclic) bond motifs is 1. The first-order chi connectivity index (χ1) is 15.7. The minimum Gasteiger partial charge on any atom is -0.506 e. The number of hydrogen-bond acceptors (Lipinski definition) is 9. The molecule has 33 heavy (non-hydrogen) atoms. The van der Waals surface area contributed by atoms with E-state index in [9.17, 15) is 18.3 Å². The molecule has 0 aliphatic carbocycles. The third-order valence-corrected chi connectivity index (χ3v) is 8.27. The Morgan fingerprint density at radius 2 is 1.91 bits per heavy atom. The fourth-order valence-corrected chi connectivity index (χ4v) is 5.94. The Balaban J connectivity index is 2.00. The lowest BCUT2D eigenvalue weighted by Gasteiger charge is -2.19. The van der Waals surface area contributed by atoms with Gasteiger partial charge in [-0.3, -0.25) is 4.79 Å². The standard InChI is InChI=1S/C21H26N4O6S2/c1-6-25(7-2)33(28,29)13-8-9-15(26)14(10-13)22-19(27)18-12(3)17-20(31-5)23-16(11-30-4)24-21(17)32-18/h8-10,26H,6-7,11H2,1-5H3,(H,22,27). The van der Waals surface area contributed by atoms with Gasteiger partial charge >= 0.3 is 0 Å². The first-order valence-corrected chi connectivity index (χ1v) is 12.4. The number of hydrogen-bond donors (Lipinski definition) is 2. The molecule has 12 heteroatoms. The summed E-state index contributed by atoms with van der Waals surface area (Å²) >= 11 is 1.14. The van der Waals surface area contributed by atoms with Gasteiger partial charge in [0.2, 0.25) is 15.9 Å². The van der Waals surface area contributed by atoms with Crippen LogP contribution >= 0.6 is 11.3 Å². The molecule has 0 saturated carbocycles. The Morgan fingerprint density at radius 1 is 1.21 bits per heavy atom. The quantitative estimate of drug-likeness (QED) is 0.434. The zero-order valence-electron chi connectivity index (χ0n) is 19.0. The van der Waals surface area contributed by atoms with Crippen LogP contribution in [-0.2, 0) is 21.4 Å². The number of nitrogens with one attached hydrogen (secondary N) is 1. The second-order valence-corrected chi connectivity index (χ2v) is 9.98. The first-order valence-electron chi connectivity index (χ1n) is 10.1. The predicted molar refractivity (Wildman–Crippen MR) is 126 cm³/mol. The van der Waals surface area contributed by atoms with Crippen LogP contribution in [0.5, 0.6) is 11.6 Å². The highest BCUT2D eigenvalue weighted by Gasteiger charge is 2.25. The van der Waals surface area contributed by atoms with Crippen molar-refractivity contribution in [3.8, 4) is 11.6 Å². The third-order valence-electron chi connectivity index (χ3n) is 5.04. The van der Waals surface area contributed by atoms with Crippen LogP contribution < -0.4 is 10.1 Å². The predicted octanol–water partition coefficient (Wildman–Crippen LogP) is 3.14. The Hall–Kier alpha value is -2.80. The number of carbonyl (C=O) groups is 1. The number of amides is 1. The van der Waals surface area contributed by atoms with Crippen LogP contribution in [0.25, 0.3) is 10.2 Å². The topological polar surface area (TPSA) is 131 Å². The number of benzene rings is 1. The normalized spacial score (nSPS) is 11.8. The van der Waals surface area contributed by atoms with E-state index in [1.165, 1.54) is 36.7 Å². The van der Waals surface area contributed by atoms with Crippen LogP contribution in [0, 0.1) is 6.92 Å². The molecule has 0 radical (unpaired) electrons. The number of nitrogens with zero attached hydrogens (tertiary/aromatic N) is 3. The van der Waals surface area contributed by atoms with Gasteiger partial charge in [0.05, 0.1) is 28.0 Å². The second-order valence-electron chi connectivity index (χ2n) is 7.04. The summed E-state index contributed by atoms with van der Waals surface area (Å²) in [5, 5.41) is 13.5. The van der Waals surface area contributed by atoms with Crippen molar-refractivity contribution in [1.82, 2.24) is 14.3 Å². The number of methoxy groups -OCH3 is 2. The van der Waals surface area contributed by atoms with Crippen molar-refractivity contribution >= 4 is 43.2 Å². The van der Waals surface area contributed by atoms with E-state index in [0.29, 0.717) is 45.5 Å². The van der Waals surface area contributed by atoms with E-state index in [1.54, 1.807) is 20.8 Å². The van der Waals surface area contributed by atoms with Gasteiger partial charge in [0.25, 0.3) is 5.91 Å². The summed E-state index contributed by atoms with van der Waals surface area (Å²) in [7, 11) is -0.753. The molecule has 0 aliphatic heterocycles. The molecule has 0 bridgehead atoms. The molecule has 2 heterocycles. The third kappa shape index (κ3) is 4.78. The van der Waals surface area contributed by atoms with Crippen molar-refractivity contribution in [2.45, 2.75) is 32.3 Å². The van der Waals surface area contributed by atoms with E-state index in [4.69, 9.17) is 9.47 Å². The van der Waals surface area contributed by atoms with Gasteiger partial charge < -0.3 is 19.9 Å². The number of aromatic hydroxyl groups is 1. The average Bonchev–Trinajstić information content (AvgIpc) is 3.12. The molecule has 0 saturated heterocycles. The van der Waals surface area contributed by atoms with E-state index < -0.39 is 15.9 Å². The van der Waals surface area contributed by atoms with Gasteiger partial charge in [-0.2, -0.15) is 9.29 Å². The Kier molecular flexibility index (Phi) is 7.52. The molecule has 3 aromatic rings. The van der Waals surface area contributed by atoms with Crippen molar-refractivity contribution in [2.24, 2.45) is 0 Å². The molecule has 10 nitrogen and oxygen atoms in total. The average molecular weight is 495 g/mol. The number of ether oxygens (including phenoxy) is 2. The summed E-state index contributed by atoms with van der Waals surface area (Å²) in [6.07, 6.45) is 0. The molecule has 1 amide bonds. The van der Waals surface area contributed by atoms with E-state index in [-0.39, 0.29) is 22.9 Å². The van der Waals surface area contributed by atoms with Gasteiger partial charge in [-0.1, -0.05) is 13.8 Å². The summed E-state index contributed by atoms with van der Waals surface area (Å²) in [4.78, 5) is 22.7. The molecule has 3 rings (SSSR count). The summed E-state index contributed by atoms with van der Waals surface area (Å²) < 4.78 is 37.4. The van der Waals surface area contributed by atoms with E-state index in [2.05, 4.69) is 15.3 Å². The van der Waals surface area contributed by atoms with Crippen LogP contribution in [0.1, 0.15) is 34.9 Å². The van der Waals surface area contributed by atoms with Crippen LogP contribution in [0.2, 0.25) is 0 Å². The molecule has 0 spiro atoms. The highest BCUT2D eigenvalue weighted by Crippen LogP contribution is 2.36. The molecule has 2 aromatic heterocycles. The molecule has 1 aromatic carbocycles. The largest absolute Gasteiger partial charge is 0.506 e. The maximum atomic E-state index is 13.1. The van der Waals surface area contributed by atoms with Crippen molar-refractivity contribution < 1.29 is 27.8 Å². The van der Waals surface area contributed by atoms with Crippen molar-refractivity contribution in [1.29, 1.82) is 0 Å². The summed E-state index contributed by atoms with van der Waals surface area (Å²) in [5.74, 6) is -0.0177. The van der Waals surface area contributed by atoms with Crippen LogP contribution in [0.4, 0.5) is 5.69 Å². The number of sulfonamides is 1. The van der Waals surface area contributed by atoms with E-state index in [1.807, 2.05) is 0 Å². The Labute approximate surface area is 196 Å². The number of rotatable bonds is 9. The van der Waals surface area contributed by atoms with Crippen LogP contribution in [-0.4, -0.2) is 61.0 Å². The lowest BCUT2D eigenvalue weighted by Crippen LogP contribution is -2.30. The van der Waals surface area contributed by atoms with Gasteiger partial charge in [0.15, 0.2) is 5.82 Å². The fourth-order valence-electron chi connectivity index (χ4n) is 3.37. The maximum Gasteiger partial charge on any atom is 0.266 e. The zero-order chi connectivity index (χ0) is 24.3. The molecule has 0 unspecified atom stereocenters. The van der Waals surface area contributed by atoms with E-state index >= 15 is 0 Å². The molecule has 0 atom stereocenters. The van der Waals surface area contributed by atoms with Crippen LogP contribution in [0.3, 0.4) is 0 Å². The molecule has 178 valence electrons. The number of aryl methyl sites for hydroxylation is 1. The number of phenols is 1. The minimum absolute atomic E-state index is 0.0109. The molecular weight excluding hydrogens is 468 g/mol. The maximum absolute atomic E-state index is 13.1. The van der Waals surface area contributed by atoms with Gasteiger partial charge in [-0.15, -0.1) is 11.3 Å². The fraction of sp³-hybridized carbons (Fsp3) is 0.381. The Morgan fingerprint density at radius 3 is 2.52 bits per heavy atom. The highest BCUT2D eigenvalue weighted by molar-refractivity contribution is 7.89. The molecule has 0 fully saturated rings. The SMILES string of the molecule is CCN(CC)S(=O)(=O)c1ccc(O)c(NC(=O)c2sc3nc(COC)nc(OC)c3c2C)c1. The zero-order valence-corrected chi connectivity index (χ0v) is 20.6. The summed E-state index contributed by atoms with van der Waals surface area (Å²) in [6.45, 7) is 6.02. The first kappa shape index (κ1) is 24.8. The van der Waals surface area contributed by atoms with Gasteiger partial charge in [0.1, 0.15) is 17.2 Å². The monoisotopic (exact) mass is 494 g/mol. The highest BCUT2D eigenvalue weighted by atomic mass is 32.2. The second kappa shape index (κ2) is 10.00. The lowest BCUT2D eigenvalue weighted by atomic mass is 10.2. The number of aromatic nitrogens is 2. The number of carbonyl (C=O) groups excluding carboxylic acids is 1.